The molecular formula is C20H28N4O2S. The van der Waals surface area contributed by atoms with E-state index in [2.05, 4.69) is 27.8 Å². The molecule has 1 aliphatic carbocycles. The SMILES string of the molecule is CN(CC(=O)Nc1nc2c3c(ccc2s1)CCCC3)C(=O)CNC(C)(C)C. The van der Waals surface area contributed by atoms with Crippen LogP contribution in [0.15, 0.2) is 12.1 Å². The van der Waals surface area contributed by atoms with Gasteiger partial charge < -0.3 is 15.5 Å². The number of thiazole rings is 1. The predicted octanol–water partition coefficient (Wildman–Crippen LogP) is 2.96. The van der Waals surface area contributed by atoms with Crippen LogP contribution in [0, 0.1) is 0 Å². The molecule has 2 amide bonds. The third-order valence-electron chi connectivity index (χ3n) is 4.71. The monoisotopic (exact) mass is 388 g/mol. The summed E-state index contributed by atoms with van der Waals surface area (Å²) < 4.78 is 1.10. The highest BCUT2D eigenvalue weighted by atomic mass is 32.1. The molecule has 2 aromatic rings. The first-order valence-electron chi connectivity index (χ1n) is 9.43. The van der Waals surface area contributed by atoms with Crippen molar-refractivity contribution in [2.45, 2.75) is 52.0 Å². The molecule has 2 N–H and O–H groups in total. The molecule has 3 rings (SSSR count). The fourth-order valence-corrected chi connectivity index (χ4v) is 4.12. The molecule has 1 aliphatic rings. The molecule has 146 valence electrons. The minimum absolute atomic E-state index is 0.0126. The van der Waals surface area contributed by atoms with E-state index >= 15 is 0 Å². The first-order chi connectivity index (χ1) is 12.7. The number of benzene rings is 1. The molecule has 0 atom stereocenters. The summed E-state index contributed by atoms with van der Waals surface area (Å²) >= 11 is 1.49. The van der Waals surface area contributed by atoms with Crippen LogP contribution in [0.1, 0.15) is 44.7 Å². The molecule has 0 saturated carbocycles. The van der Waals surface area contributed by atoms with Gasteiger partial charge in [0.1, 0.15) is 0 Å². The standard InChI is InChI=1S/C20H28N4O2S/c1-20(2,3)21-11-17(26)24(4)12-16(25)22-19-23-18-14-8-6-5-7-13(14)9-10-15(18)27-19/h9-10,21H,5-8,11-12H2,1-4H3,(H,22,23,25). The lowest BCUT2D eigenvalue weighted by Gasteiger charge is -2.23. The second-order valence-corrected chi connectivity index (χ2v) is 9.21. The van der Waals surface area contributed by atoms with Gasteiger partial charge in [0, 0.05) is 12.6 Å². The molecule has 0 saturated heterocycles. The van der Waals surface area contributed by atoms with Crippen molar-refractivity contribution in [3.8, 4) is 0 Å². The molecular weight excluding hydrogens is 360 g/mol. The number of aryl methyl sites for hydroxylation is 2. The van der Waals surface area contributed by atoms with Gasteiger partial charge in [0.2, 0.25) is 11.8 Å². The van der Waals surface area contributed by atoms with Gasteiger partial charge in [0.05, 0.1) is 23.3 Å². The number of carbonyl (C=O) groups is 2. The topological polar surface area (TPSA) is 74.3 Å². The van der Waals surface area contributed by atoms with Crippen molar-refractivity contribution in [1.29, 1.82) is 0 Å². The van der Waals surface area contributed by atoms with Crippen molar-refractivity contribution in [2.75, 3.05) is 25.5 Å². The van der Waals surface area contributed by atoms with Crippen molar-refractivity contribution >= 4 is 38.5 Å². The Labute approximate surface area is 164 Å². The summed E-state index contributed by atoms with van der Waals surface area (Å²) in [6.07, 6.45) is 4.60. The molecule has 0 aliphatic heterocycles. The second-order valence-electron chi connectivity index (χ2n) is 8.18. The van der Waals surface area contributed by atoms with E-state index in [1.807, 2.05) is 20.8 Å². The lowest BCUT2D eigenvalue weighted by molar-refractivity contribution is -0.132. The fourth-order valence-electron chi connectivity index (χ4n) is 3.21. The fraction of sp³-hybridized carbons (Fsp3) is 0.550. The molecule has 0 unspecified atom stereocenters. The third kappa shape index (κ3) is 5.05. The van der Waals surface area contributed by atoms with Crippen molar-refractivity contribution < 1.29 is 9.59 Å². The normalized spacial score (nSPS) is 14.1. The molecule has 7 heteroatoms. The Kier molecular flexibility index (Phi) is 5.81. The van der Waals surface area contributed by atoms with Gasteiger partial charge in [-0.1, -0.05) is 17.4 Å². The highest BCUT2D eigenvalue weighted by molar-refractivity contribution is 7.22. The van der Waals surface area contributed by atoms with E-state index in [4.69, 9.17) is 0 Å². The lowest BCUT2D eigenvalue weighted by Crippen LogP contribution is -2.45. The zero-order valence-corrected chi connectivity index (χ0v) is 17.3. The Morgan fingerprint density at radius 1 is 1.22 bits per heavy atom. The number of likely N-dealkylation sites (N-methyl/N-ethyl adjacent to an activating group) is 1. The number of anilines is 1. The molecule has 27 heavy (non-hydrogen) atoms. The Balaban J connectivity index is 1.61. The molecule has 0 spiro atoms. The largest absolute Gasteiger partial charge is 0.335 e. The summed E-state index contributed by atoms with van der Waals surface area (Å²) in [6.45, 7) is 6.22. The number of aromatic nitrogens is 1. The van der Waals surface area contributed by atoms with Crippen molar-refractivity contribution in [2.24, 2.45) is 0 Å². The van der Waals surface area contributed by atoms with E-state index in [9.17, 15) is 9.59 Å². The van der Waals surface area contributed by atoms with Crippen LogP contribution in [0.25, 0.3) is 10.2 Å². The van der Waals surface area contributed by atoms with Crippen LogP contribution in [0.3, 0.4) is 0 Å². The van der Waals surface area contributed by atoms with Gasteiger partial charge in [-0.15, -0.1) is 0 Å². The number of hydrogen-bond donors (Lipinski definition) is 2. The maximum atomic E-state index is 12.3. The Hall–Kier alpha value is -1.99. The molecule has 0 fully saturated rings. The first kappa shape index (κ1) is 19.8. The van der Waals surface area contributed by atoms with E-state index in [-0.39, 0.29) is 30.4 Å². The molecule has 1 heterocycles. The maximum absolute atomic E-state index is 12.3. The summed E-state index contributed by atoms with van der Waals surface area (Å²) in [5.74, 6) is -0.340. The number of nitrogens with one attached hydrogen (secondary N) is 2. The minimum Gasteiger partial charge on any atom is -0.335 e. The van der Waals surface area contributed by atoms with Crippen LogP contribution >= 0.6 is 11.3 Å². The zero-order valence-electron chi connectivity index (χ0n) is 16.5. The van der Waals surface area contributed by atoms with Gasteiger partial charge in [0.25, 0.3) is 0 Å². The van der Waals surface area contributed by atoms with E-state index in [1.165, 1.54) is 40.2 Å². The highest BCUT2D eigenvalue weighted by Gasteiger charge is 2.19. The number of carbonyl (C=O) groups excluding carboxylic acids is 2. The van der Waals surface area contributed by atoms with Gasteiger partial charge in [-0.25, -0.2) is 4.98 Å². The van der Waals surface area contributed by atoms with Crippen molar-refractivity contribution in [1.82, 2.24) is 15.2 Å². The van der Waals surface area contributed by atoms with Gasteiger partial charge in [0.15, 0.2) is 5.13 Å². The summed E-state index contributed by atoms with van der Waals surface area (Å²) in [6, 6.07) is 4.29. The number of hydrogen-bond acceptors (Lipinski definition) is 5. The van der Waals surface area contributed by atoms with E-state index < -0.39 is 0 Å². The van der Waals surface area contributed by atoms with Gasteiger partial charge in [-0.3, -0.25) is 9.59 Å². The molecule has 1 aromatic heterocycles. The second kappa shape index (κ2) is 7.94. The van der Waals surface area contributed by atoms with Crippen LogP contribution in [-0.2, 0) is 22.4 Å². The van der Waals surface area contributed by atoms with Gasteiger partial charge in [-0.05, 0) is 63.6 Å². The highest BCUT2D eigenvalue weighted by Crippen LogP contribution is 2.33. The minimum atomic E-state index is -0.227. The molecule has 0 bridgehead atoms. The summed E-state index contributed by atoms with van der Waals surface area (Å²) in [5.41, 5.74) is 3.59. The van der Waals surface area contributed by atoms with Gasteiger partial charge in [-0.2, -0.15) is 0 Å². The third-order valence-corrected chi connectivity index (χ3v) is 5.64. The lowest BCUT2D eigenvalue weighted by atomic mass is 9.91. The number of fused-ring (bicyclic) bond motifs is 3. The van der Waals surface area contributed by atoms with E-state index in [0.29, 0.717) is 5.13 Å². The van der Waals surface area contributed by atoms with Crippen LogP contribution in [0.4, 0.5) is 5.13 Å². The average Bonchev–Trinajstić information content (AvgIpc) is 3.01. The summed E-state index contributed by atoms with van der Waals surface area (Å²) in [7, 11) is 1.64. The zero-order chi connectivity index (χ0) is 19.6. The molecule has 6 nitrogen and oxygen atoms in total. The van der Waals surface area contributed by atoms with Crippen LogP contribution in [0.5, 0.6) is 0 Å². The Morgan fingerprint density at radius 2 is 1.96 bits per heavy atom. The quantitative estimate of drug-likeness (QED) is 0.826. The number of rotatable bonds is 5. The number of amides is 2. The average molecular weight is 389 g/mol. The summed E-state index contributed by atoms with van der Waals surface area (Å²) in [5, 5.41) is 6.59. The summed E-state index contributed by atoms with van der Waals surface area (Å²) in [4.78, 5) is 30.6. The van der Waals surface area contributed by atoms with E-state index in [0.717, 1.165) is 23.1 Å². The van der Waals surface area contributed by atoms with E-state index in [1.54, 1.807) is 7.05 Å². The number of nitrogens with zero attached hydrogens (tertiary/aromatic N) is 2. The van der Waals surface area contributed by atoms with Crippen LogP contribution in [0.2, 0.25) is 0 Å². The first-order valence-corrected chi connectivity index (χ1v) is 10.2. The maximum Gasteiger partial charge on any atom is 0.245 e. The van der Waals surface area contributed by atoms with Gasteiger partial charge >= 0.3 is 0 Å². The molecule has 0 radical (unpaired) electrons. The predicted molar refractivity (Wildman–Crippen MR) is 110 cm³/mol. The van der Waals surface area contributed by atoms with Crippen LogP contribution < -0.4 is 10.6 Å². The Morgan fingerprint density at radius 3 is 2.70 bits per heavy atom. The smallest absolute Gasteiger partial charge is 0.245 e. The molecule has 1 aromatic carbocycles. The Bertz CT molecular complexity index is 854. The van der Waals surface area contributed by atoms with Crippen LogP contribution in [-0.4, -0.2) is 47.4 Å². The van der Waals surface area contributed by atoms with Crippen molar-refractivity contribution in [3.05, 3.63) is 23.3 Å². The van der Waals surface area contributed by atoms with Crippen molar-refractivity contribution in [3.63, 3.8) is 0 Å².